The Balaban J connectivity index is 0.00000144. The molecule has 0 spiro atoms. The van der Waals surface area contributed by atoms with Gasteiger partial charge in [-0.15, -0.1) is 0 Å². The first-order chi connectivity index (χ1) is 5.52. The molecule has 0 heterocycles. The molecule has 0 aromatic heterocycles. The third-order valence-corrected chi connectivity index (χ3v) is 4.89. The number of aromatic carboxylic acids is 1. The van der Waals surface area contributed by atoms with Crippen LogP contribution in [0.2, 0.25) is 0 Å². The van der Waals surface area contributed by atoms with Crippen molar-refractivity contribution >= 4 is 103 Å². The molecule has 0 aliphatic heterocycles. The summed E-state index contributed by atoms with van der Waals surface area (Å²) in [5, 5.41) is 8.80. The van der Waals surface area contributed by atoms with Crippen molar-refractivity contribution < 1.29 is 9.90 Å². The van der Waals surface area contributed by atoms with Crippen LogP contribution < -0.4 is 0 Å². The second kappa shape index (κ2) is 6.46. The number of carbonyl (C=O) groups is 1. The molecule has 0 aliphatic carbocycles. The molecule has 0 saturated carbocycles. The van der Waals surface area contributed by atoms with Gasteiger partial charge in [-0.2, -0.15) is 0 Å². The predicted octanol–water partition coefficient (Wildman–Crippen LogP) is 2.55. The van der Waals surface area contributed by atoms with E-state index in [-0.39, 0.29) is 29.6 Å². The van der Waals surface area contributed by atoms with E-state index in [4.69, 9.17) is 5.11 Å². The Bertz CT molecular complexity index is 341. The fraction of sp³-hybridized carbons (Fsp3) is 0. The standard InChI is InChI=1S/C7H3I3O2.Na.H/c8-3-1-4(7(11)12)6(10)5(9)2-3;;/h1-2H,(H,11,12);;. The third-order valence-electron chi connectivity index (χ3n) is 1.22. The van der Waals surface area contributed by atoms with E-state index in [2.05, 4.69) is 45.2 Å². The van der Waals surface area contributed by atoms with Gasteiger partial charge < -0.3 is 5.11 Å². The van der Waals surface area contributed by atoms with Gasteiger partial charge in [0, 0.05) is 10.7 Å². The van der Waals surface area contributed by atoms with E-state index in [1.807, 2.05) is 28.7 Å². The van der Waals surface area contributed by atoms with Crippen molar-refractivity contribution in [3.05, 3.63) is 28.4 Å². The fourth-order valence-corrected chi connectivity index (χ4v) is 3.10. The van der Waals surface area contributed by atoms with Crippen molar-refractivity contribution in [2.24, 2.45) is 0 Å². The van der Waals surface area contributed by atoms with Crippen LogP contribution in [0.25, 0.3) is 0 Å². The summed E-state index contributed by atoms with van der Waals surface area (Å²) in [5.74, 6) is -0.865. The second-order valence-corrected chi connectivity index (χ2v) is 5.54. The molecule has 0 aliphatic rings. The van der Waals surface area contributed by atoms with E-state index in [0.29, 0.717) is 5.56 Å². The molecule has 0 bridgehead atoms. The molecule has 0 unspecified atom stereocenters. The first-order valence-corrected chi connectivity index (χ1v) is 6.14. The molecule has 66 valence electrons. The van der Waals surface area contributed by atoms with Gasteiger partial charge in [-0.1, -0.05) is 0 Å². The molecule has 1 aromatic carbocycles. The van der Waals surface area contributed by atoms with Crippen LogP contribution in [0.5, 0.6) is 0 Å². The molecule has 0 fully saturated rings. The average molecular weight is 524 g/mol. The summed E-state index contributed by atoms with van der Waals surface area (Å²) in [4.78, 5) is 10.7. The van der Waals surface area contributed by atoms with Gasteiger partial charge in [0.25, 0.3) is 0 Å². The van der Waals surface area contributed by atoms with Gasteiger partial charge in [0.15, 0.2) is 0 Å². The maximum atomic E-state index is 10.7. The van der Waals surface area contributed by atoms with Gasteiger partial charge in [-0.3, -0.25) is 0 Å². The summed E-state index contributed by atoms with van der Waals surface area (Å²) in [7, 11) is 0. The van der Waals surface area contributed by atoms with E-state index in [1.165, 1.54) is 0 Å². The zero-order valence-corrected chi connectivity index (χ0v) is 12.1. The van der Waals surface area contributed by atoms with E-state index >= 15 is 0 Å². The maximum absolute atomic E-state index is 10.7. The zero-order valence-electron chi connectivity index (χ0n) is 5.64. The Morgan fingerprint density at radius 3 is 2.23 bits per heavy atom. The first-order valence-electron chi connectivity index (χ1n) is 2.90. The van der Waals surface area contributed by atoms with Gasteiger partial charge >= 0.3 is 35.5 Å². The third kappa shape index (κ3) is 4.09. The van der Waals surface area contributed by atoms with Crippen molar-refractivity contribution in [1.82, 2.24) is 0 Å². The fourth-order valence-electron chi connectivity index (χ4n) is 0.712. The van der Waals surface area contributed by atoms with Crippen LogP contribution in [0.3, 0.4) is 0 Å². The monoisotopic (exact) mass is 524 g/mol. The molecule has 1 aromatic rings. The molecule has 1 rings (SSSR count). The SMILES string of the molecule is O=C(O)c1cc(I)cc(I)c1I.[NaH]. The summed E-state index contributed by atoms with van der Waals surface area (Å²) in [6.07, 6.45) is 0. The molecular weight excluding hydrogens is 520 g/mol. The van der Waals surface area contributed by atoms with Crippen molar-refractivity contribution in [1.29, 1.82) is 0 Å². The normalized spacial score (nSPS) is 9.15. The van der Waals surface area contributed by atoms with E-state index in [9.17, 15) is 4.79 Å². The molecule has 13 heavy (non-hydrogen) atoms. The van der Waals surface area contributed by atoms with E-state index < -0.39 is 5.97 Å². The zero-order chi connectivity index (χ0) is 9.30. The van der Waals surface area contributed by atoms with Gasteiger partial charge in [-0.05, 0) is 79.9 Å². The summed E-state index contributed by atoms with van der Waals surface area (Å²) >= 11 is 6.29. The minimum atomic E-state index is -0.865. The molecule has 2 nitrogen and oxygen atoms in total. The minimum absolute atomic E-state index is 0. The van der Waals surface area contributed by atoms with Crippen LogP contribution in [0.15, 0.2) is 12.1 Å². The Kier molecular flexibility index (Phi) is 7.39. The summed E-state index contributed by atoms with van der Waals surface area (Å²) in [6, 6.07) is 3.63. The number of rotatable bonds is 1. The number of carboxylic acids is 1. The molecule has 0 amide bonds. The Hall–Kier alpha value is 1.88. The molecule has 0 radical (unpaired) electrons. The number of carboxylic acid groups (broad SMARTS) is 1. The second-order valence-electron chi connectivity index (χ2n) is 2.05. The van der Waals surface area contributed by atoms with Gasteiger partial charge in [0.2, 0.25) is 0 Å². The molecule has 0 saturated heterocycles. The molecule has 1 N–H and O–H groups in total. The van der Waals surface area contributed by atoms with Crippen LogP contribution in [0.4, 0.5) is 0 Å². The quantitative estimate of drug-likeness (QED) is 0.349. The predicted molar refractivity (Wildman–Crippen MR) is 78.7 cm³/mol. The van der Waals surface area contributed by atoms with Gasteiger partial charge in [-0.25, -0.2) is 4.79 Å². The topological polar surface area (TPSA) is 37.3 Å². The van der Waals surface area contributed by atoms with Crippen molar-refractivity contribution in [2.75, 3.05) is 0 Å². The van der Waals surface area contributed by atoms with Gasteiger partial charge in [0.05, 0.1) is 5.56 Å². The van der Waals surface area contributed by atoms with E-state index in [0.717, 1.165) is 10.7 Å². The molecule has 6 heteroatoms. The van der Waals surface area contributed by atoms with Crippen LogP contribution in [0, 0.1) is 10.7 Å². The number of benzene rings is 1. The van der Waals surface area contributed by atoms with Crippen LogP contribution in [0.1, 0.15) is 10.4 Å². The summed E-state index contributed by atoms with van der Waals surface area (Å²) < 4.78 is 2.74. The Morgan fingerprint density at radius 1 is 1.23 bits per heavy atom. The van der Waals surface area contributed by atoms with Crippen LogP contribution in [-0.4, -0.2) is 40.6 Å². The molecular formula is C7H4I3NaO2. The molecule has 0 atom stereocenters. The average Bonchev–Trinajstić information content (AvgIpc) is 1.96. The number of halogens is 3. The number of hydrogen-bond donors (Lipinski definition) is 1. The number of hydrogen-bond acceptors (Lipinski definition) is 1. The Labute approximate surface area is 139 Å². The Morgan fingerprint density at radius 2 is 1.77 bits per heavy atom. The van der Waals surface area contributed by atoms with Crippen molar-refractivity contribution in [3.63, 3.8) is 0 Å². The van der Waals surface area contributed by atoms with Crippen LogP contribution >= 0.6 is 67.8 Å². The van der Waals surface area contributed by atoms with Crippen LogP contribution in [-0.2, 0) is 0 Å². The van der Waals surface area contributed by atoms with Gasteiger partial charge in [0.1, 0.15) is 0 Å². The summed E-state index contributed by atoms with van der Waals surface area (Å²) in [6.45, 7) is 0. The van der Waals surface area contributed by atoms with Crippen molar-refractivity contribution in [2.45, 2.75) is 0 Å². The first kappa shape index (κ1) is 14.9. The summed E-state index contributed by atoms with van der Waals surface area (Å²) in [5.41, 5.74) is 0.381. The van der Waals surface area contributed by atoms with Crippen molar-refractivity contribution in [3.8, 4) is 0 Å². The van der Waals surface area contributed by atoms with E-state index in [1.54, 1.807) is 6.07 Å².